The van der Waals surface area contributed by atoms with Gasteiger partial charge < -0.3 is 10.5 Å². The van der Waals surface area contributed by atoms with Crippen LogP contribution in [0.5, 0.6) is 5.88 Å². The molecule has 0 aliphatic rings. The summed E-state index contributed by atoms with van der Waals surface area (Å²) in [5.74, 6) is 0.620. The minimum atomic E-state index is 0.000839. The van der Waals surface area contributed by atoms with Gasteiger partial charge in [-0.3, -0.25) is 0 Å². The third-order valence-electron chi connectivity index (χ3n) is 2.26. The number of ether oxygens (including phenoxy) is 1. The average molecular weight is 194 g/mol. The summed E-state index contributed by atoms with van der Waals surface area (Å²) in [5, 5.41) is 0. The van der Waals surface area contributed by atoms with Crippen LogP contribution in [0.1, 0.15) is 32.4 Å². The predicted octanol–water partition coefficient (Wildman–Crippen LogP) is 2.14. The lowest BCUT2D eigenvalue weighted by atomic mass is 9.84. The first kappa shape index (κ1) is 11.0. The van der Waals surface area contributed by atoms with Crippen LogP contribution in [-0.4, -0.2) is 12.1 Å². The van der Waals surface area contributed by atoms with Crippen LogP contribution in [0, 0.1) is 5.41 Å². The third-order valence-corrected chi connectivity index (χ3v) is 2.26. The molecular weight excluding hydrogens is 176 g/mol. The van der Waals surface area contributed by atoms with E-state index < -0.39 is 0 Å². The maximum atomic E-state index is 6.08. The van der Waals surface area contributed by atoms with E-state index in [1.807, 2.05) is 12.1 Å². The summed E-state index contributed by atoms with van der Waals surface area (Å²) in [5.41, 5.74) is 7.17. The molecule has 1 heterocycles. The number of rotatable bonds is 2. The molecule has 0 aliphatic heterocycles. The highest BCUT2D eigenvalue weighted by molar-refractivity contribution is 5.21. The first-order valence-corrected chi connectivity index (χ1v) is 4.70. The van der Waals surface area contributed by atoms with Crippen molar-refractivity contribution in [3.63, 3.8) is 0 Å². The Hall–Kier alpha value is -1.09. The molecule has 78 valence electrons. The van der Waals surface area contributed by atoms with Crippen LogP contribution in [0.3, 0.4) is 0 Å². The quantitative estimate of drug-likeness (QED) is 0.784. The van der Waals surface area contributed by atoms with E-state index in [9.17, 15) is 0 Å². The third kappa shape index (κ3) is 2.45. The van der Waals surface area contributed by atoms with Crippen molar-refractivity contribution in [2.45, 2.75) is 26.8 Å². The second-order valence-corrected chi connectivity index (χ2v) is 4.48. The van der Waals surface area contributed by atoms with Gasteiger partial charge in [0.1, 0.15) is 0 Å². The molecule has 1 unspecified atom stereocenters. The molecule has 1 atom stereocenters. The van der Waals surface area contributed by atoms with E-state index in [4.69, 9.17) is 10.5 Å². The molecule has 0 amide bonds. The Bertz CT molecular complexity index is 287. The summed E-state index contributed by atoms with van der Waals surface area (Å²) < 4.78 is 4.98. The summed E-state index contributed by atoms with van der Waals surface area (Å²) >= 11 is 0. The van der Waals surface area contributed by atoms with Crippen molar-refractivity contribution >= 4 is 0 Å². The van der Waals surface area contributed by atoms with Gasteiger partial charge in [0.15, 0.2) is 0 Å². The Morgan fingerprint density at radius 1 is 1.36 bits per heavy atom. The summed E-state index contributed by atoms with van der Waals surface area (Å²) in [4.78, 5) is 4.13. The van der Waals surface area contributed by atoms with Gasteiger partial charge in [0.2, 0.25) is 5.88 Å². The summed E-state index contributed by atoms with van der Waals surface area (Å²) in [7, 11) is 1.60. The Kier molecular flexibility index (Phi) is 3.11. The van der Waals surface area contributed by atoms with Crippen molar-refractivity contribution in [3.05, 3.63) is 23.9 Å². The fourth-order valence-corrected chi connectivity index (χ4v) is 1.20. The molecule has 3 heteroatoms. The number of nitrogens with zero attached hydrogens (tertiary/aromatic N) is 1. The van der Waals surface area contributed by atoms with Crippen LogP contribution >= 0.6 is 0 Å². The van der Waals surface area contributed by atoms with Crippen molar-refractivity contribution in [2.24, 2.45) is 11.1 Å². The van der Waals surface area contributed by atoms with Gasteiger partial charge in [-0.1, -0.05) is 26.8 Å². The lowest BCUT2D eigenvalue weighted by Crippen LogP contribution is -2.26. The number of hydrogen-bond donors (Lipinski definition) is 1. The fraction of sp³-hybridized carbons (Fsp3) is 0.545. The zero-order valence-corrected chi connectivity index (χ0v) is 9.24. The van der Waals surface area contributed by atoms with Crippen molar-refractivity contribution in [1.82, 2.24) is 4.98 Å². The van der Waals surface area contributed by atoms with Gasteiger partial charge >= 0.3 is 0 Å². The molecule has 2 N–H and O–H groups in total. The van der Waals surface area contributed by atoms with Crippen molar-refractivity contribution in [1.29, 1.82) is 0 Å². The first-order valence-electron chi connectivity index (χ1n) is 4.70. The largest absolute Gasteiger partial charge is 0.481 e. The number of pyridine rings is 1. The Balaban J connectivity index is 2.87. The van der Waals surface area contributed by atoms with Gasteiger partial charge in [-0.2, -0.15) is 0 Å². The van der Waals surface area contributed by atoms with Crippen molar-refractivity contribution in [3.8, 4) is 5.88 Å². The van der Waals surface area contributed by atoms with E-state index in [1.165, 1.54) is 0 Å². The monoisotopic (exact) mass is 194 g/mol. The minimum Gasteiger partial charge on any atom is -0.481 e. The normalized spacial score (nSPS) is 13.8. The molecule has 0 bridgehead atoms. The van der Waals surface area contributed by atoms with Crippen LogP contribution in [0.25, 0.3) is 0 Å². The molecule has 1 aromatic rings. The Labute approximate surface area is 85.3 Å². The van der Waals surface area contributed by atoms with E-state index in [1.54, 1.807) is 13.3 Å². The van der Waals surface area contributed by atoms with Crippen LogP contribution in [0.15, 0.2) is 18.3 Å². The van der Waals surface area contributed by atoms with Gasteiger partial charge in [0.25, 0.3) is 0 Å². The van der Waals surface area contributed by atoms with E-state index in [-0.39, 0.29) is 11.5 Å². The molecule has 0 aliphatic carbocycles. The standard InChI is InChI=1S/C11H18N2O/c1-11(2,3)10(12)8-5-6-9(14-4)13-7-8/h5-7,10H,12H2,1-4H3. The number of aromatic nitrogens is 1. The Morgan fingerprint density at radius 2 is 2.00 bits per heavy atom. The minimum absolute atomic E-state index is 0.000839. The van der Waals surface area contributed by atoms with Gasteiger partial charge in [0.05, 0.1) is 7.11 Å². The number of nitrogens with two attached hydrogens (primary N) is 1. The second-order valence-electron chi connectivity index (χ2n) is 4.48. The zero-order valence-electron chi connectivity index (χ0n) is 9.24. The lowest BCUT2D eigenvalue weighted by Gasteiger charge is -2.27. The van der Waals surface area contributed by atoms with E-state index in [2.05, 4.69) is 25.8 Å². The fourth-order valence-electron chi connectivity index (χ4n) is 1.20. The highest BCUT2D eigenvalue weighted by Gasteiger charge is 2.22. The van der Waals surface area contributed by atoms with Gasteiger partial charge in [0, 0.05) is 18.3 Å². The molecule has 0 spiro atoms. The predicted molar refractivity (Wildman–Crippen MR) is 57.2 cm³/mol. The van der Waals surface area contributed by atoms with Crippen LogP contribution < -0.4 is 10.5 Å². The highest BCUT2D eigenvalue weighted by atomic mass is 16.5. The van der Waals surface area contributed by atoms with Gasteiger partial charge in [-0.05, 0) is 11.0 Å². The maximum Gasteiger partial charge on any atom is 0.212 e. The van der Waals surface area contributed by atoms with Crippen LogP contribution in [0.2, 0.25) is 0 Å². The molecule has 1 aromatic heterocycles. The second kappa shape index (κ2) is 3.96. The van der Waals surface area contributed by atoms with Gasteiger partial charge in [-0.15, -0.1) is 0 Å². The average Bonchev–Trinajstić information content (AvgIpc) is 2.15. The molecule has 3 nitrogen and oxygen atoms in total. The number of hydrogen-bond acceptors (Lipinski definition) is 3. The van der Waals surface area contributed by atoms with E-state index >= 15 is 0 Å². The summed E-state index contributed by atoms with van der Waals surface area (Å²) in [6.45, 7) is 6.34. The van der Waals surface area contributed by atoms with Crippen molar-refractivity contribution in [2.75, 3.05) is 7.11 Å². The van der Waals surface area contributed by atoms with E-state index in [0.29, 0.717) is 5.88 Å². The highest BCUT2D eigenvalue weighted by Crippen LogP contribution is 2.30. The number of methoxy groups -OCH3 is 1. The maximum absolute atomic E-state index is 6.08. The van der Waals surface area contributed by atoms with Crippen molar-refractivity contribution < 1.29 is 4.74 Å². The SMILES string of the molecule is COc1ccc(C(N)C(C)(C)C)cn1. The van der Waals surface area contributed by atoms with Crippen LogP contribution in [-0.2, 0) is 0 Å². The van der Waals surface area contributed by atoms with Gasteiger partial charge in [-0.25, -0.2) is 4.98 Å². The molecule has 14 heavy (non-hydrogen) atoms. The van der Waals surface area contributed by atoms with E-state index in [0.717, 1.165) is 5.56 Å². The smallest absolute Gasteiger partial charge is 0.212 e. The van der Waals surface area contributed by atoms with Crippen LogP contribution in [0.4, 0.5) is 0 Å². The molecule has 0 fully saturated rings. The molecular formula is C11H18N2O. The molecule has 0 saturated heterocycles. The Morgan fingerprint density at radius 3 is 2.36 bits per heavy atom. The molecule has 0 saturated carbocycles. The topological polar surface area (TPSA) is 48.1 Å². The molecule has 0 radical (unpaired) electrons. The summed E-state index contributed by atoms with van der Waals surface area (Å²) in [6.07, 6.45) is 1.77. The molecule has 1 rings (SSSR count). The molecule has 0 aromatic carbocycles. The lowest BCUT2D eigenvalue weighted by molar-refractivity contribution is 0.325. The zero-order chi connectivity index (χ0) is 10.8. The summed E-state index contributed by atoms with van der Waals surface area (Å²) in [6, 6.07) is 3.80. The first-order chi connectivity index (χ1) is 6.45.